The molecule has 1 N–H and O–H groups in total. The Morgan fingerprint density at radius 1 is 1.42 bits per heavy atom. The van der Waals surface area contributed by atoms with Gasteiger partial charge in [0.05, 0.1) is 11.6 Å². The summed E-state index contributed by atoms with van der Waals surface area (Å²) in [6, 6.07) is 0.462. The molecule has 1 unspecified atom stereocenters. The zero-order chi connectivity index (χ0) is 13.4. The molecule has 19 heavy (non-hydrogen) atoms. The molecule has 2 heterocycles. The molecule has 2 aliphatic rings. The van der Waals surface area contributed by atoms with Gasteiger partial charge in [0.2, 0.25) is 5.91 Å². The molecule has 1 aromatic rings. The van der Waals surface area contributed by atoms with Crippen molar-refractivity contribution >= 4 is 5.91 Å². The first-order valence-corrected chi connectivity index (χ1v) is 7.08. The molecule has 1 amide bonds. The normalized spacial score (nSPS) is 23.8. The summed E-state index contributed by atoms with van der Waals surface area (Å²) in [5, 5.41) is 7.08. The summed E-state index contributed by atoms with van der Waals surface area (Å²) in [6.45, 7) is 6.59. The molecule has 1 aliphatic heterocycles. The zero-order valence-electron chi connectivity index (χ0n) is 11.6. The minimum atomic E-state index is 0.154. The summed E-state index contributed by atoms with van der Waals surface area (Å²) >= 11 is 0. The molecule has 3 rings (SSSR count). The SMILES string of the molecule is Cc1noc(C)c1CN1CCC(C(=O)NC2CC2)C1. The summed E-state index contributed by atoms with van der Waals surface area (Å²) in [7, 11) is 0. The molecule has 1 aromatic heterocycles. The predicted octanol–water partition coefficient (Wildman–Crippen LogP) is 1.39. The minimum absolute atomic E-state index is 0.154. The first-order valence-electron chi connectivity index (χ1n) is 7.08. The van der Waals surface area contributed by atoms with Crippen molar-refractivity contribution in [1.82, 2.24) is 15.4 Å². The third kappa shape index (κ3) is 2.81. The number of aromatic nitrogens is 1. The summed E-state index contributed by atoms with van der Waals surface area (Å²) < 4.78 is 5.18. The Balaban J connectivity index is 1.55. The topological polar surface area (TPSA) is 58.4 Å². The standard InChI is InChI=1S/C14H21N3O2/c1-9-13(10(2)19-16-9)8-17-6-5-11(7-17)14(18)15-12-3-4-12/h11-12H,3-8H2,1-2H3,(H,15,18). The highest BCUT2D eigenvalue weighted by atomic mass is 16.5. The van der Waals surface area contributed by atoms with Crippen LogP contribution in [-0.2, 0) is 11.3 Å². The van der Waals surface area contributed by atoms with Crippen LogP contribution in [0.5, 0.6) is 0 Å². The fourth-order valence-electron chi connectivity index (χ4n) is 2.69. The van der Waals surface area contributed by atoms with E-state index in [1.165, 1.54) is 5.56 Å². The third-order valence-corrected chi connectivity index (χ3v) is 4.13. The van der Waals surface area contributed by atoms with Gasteiger partial charge in [-0.2, -0.15) is 0 Å². The van der Waals surface area contributed by atoms with Crippen molar-refractivity contribution in [3.63, 3.8) is 0 Å². The van der Waals surface area contributed by atoms with E-state index in [0.29, 0.717) is 6.04 Å². The average molecular weight is 263 g/mol. The van der Waals surface area contributed by atoms with Gasteiger partial charge in [0.1, 0.15) is 5.76 Å². The van der Waals surface area contributed by atoms with Gasteiger partial charge in [-0.05, 0) is 39.7 Å². The van der Waals surface area contributed by atoms with Crippen LogP contribution < -0.4 is 5.32 Å². The Morgan fingerprint density at radius 3 is 2.84 bits per heavy atom. The molecule has 104 valence electrons. The van der Waals surface area contributed by atoms with Crippen molar-refractivity contribution in [1.29, 1.82) is 0 Å². The van der Waals surface area contributed by atoms with Crippen LogP contribution >= 0.6 is 0 Å². The maximum Gasteiger partial charge on any atom is 0.224 e. The smallest absolute Gasteiger partial charge is 0.224 e. The number of likely N-dealkylation sites (tertiary alicyclic amines) is 1. The van der Waals surface area contributed by atoms with Gasteiger partial charge in [0, 0.05) is 24.7 Å². The number of nitrogens with one attached hydrogen (secondary N) is 1. The maximum atomic E-state index is 12.0. The molecule has 0 aromatic carbocycles. The molecule has 0 radical (unpaired) electrons. The molecular formula is C14H21N3O2. The van der Waals surface area contributed by atoms with E-state index >= 15 is 0 Å². The number of carbonyl (C=O) groups is 1. The molecule has 5 nitrogen and oxygen atoms in total. The van der Waals surface area contributed by atoms with E-state index in [9.17, 15) is 4.79 Å². The lowest BCUT2D eigenvalue weighted by Crippen LogP contribution is -2.34. The molecular weight excluding hydrogens is 242 g/mol. The van der Waals surface area contributed by atoms with E-state index in [1.807, 2.05) is 13.8 Å². The Bertz CT molecular complexity index is 460. The number of rotatable bonds is 4. The van der Waals surface area contributed by atoms with Crippen LogP contribution in [0.1, 0.15) is 36.3 Å². The van der Waals surface area contributed by atoms with Gasteiger partial charge in [0.25, 0.3) is 0 Å². The maximum absolute atomic E-state index is 12.0. The van der Waals surface area contributed by atoms with Crippen LogP contribution in [0.25, 0.3) is 0 Å². The van der Waals surface area contributed by atoms with E-state index in [1.54, 1.807) is 0 Å². The number of aryl methyl sites for hydroxylation is 2. The zero-order valence-corrected chi connectivity index (χ0v) is 11.6. The van der Waals surface area contributed by atoms with Crippen LogP contribution in [0.3, 0.4) is 0 Å². The van der Waals surface area contributed by atoms with Crippen LogP contribution in [0.2, 0.25) is 0 Å². The predicted molar refractivity (Wildman–Crippen MR) is 70.5 cm³/mol. The third-order valence-electron chi connectivity index (χ3n) is 4.13. The summed E-state index contributed by atoms with van der Waals surface area (Å²) in [5.74, 6) is 1.29. The highest BCUT2D eigenvalue weighted by molar-refractivity contribution is 5.79. The van der Waals surface area contributed by atoms with Crippen molar-refractivity contribution in [3.05, 3.63) is 17.0 Å². The second-order valence-electron chi connectivity index (χ2n) is 5.81. The summed E-state index contributed by atoms with van der Waals surface area (Å²) in [4.78, 5) is 14.3. The molecule has 1 saturated carbocycles. The van der Waals surface area contributed by atoms with E-state index in [-0.39, 0.29) is 11.8 Å². The first-order chi connectivity index (χ1) is 9.13. The number of carbonyl (C=O) groups excluding carboxylic acids is 1. The van der Waals surface area contributed by atoms with Gasteiger partial charge in [-0.3, -0.25) is 9.69 Å². The van der Waals surface area contributed by atoms with Gasteiger partial charge >= 0.3 is 0 Å². The monoisotopic (exact) mass is 263 g/mol. The molecule has 1 aliphatic carbocycles. The van der Waals surface area contributed by atoms with Gasteiger partial charge in [-0.25, -0.2) is 0 Å². The fourth-order valence-corrected chi connectivity index (χ4v) is 2.69. The van der Waals surface area contributed by atoms with Crippen molar-refractivity contribution in [2.45, 2.75) is 45.7 Å². The van der Waals surface area contributed by atoms with Gasteiger partial charge in [0.15, 0.2) is 0 Å². The average Bonchev–Trinajstić information content (AvgIpc) is 2.98. The molecule has 5 heteroatoms. The quantitative estimate of drug-likeness (QED) is 0.892. The Labute approximate surface area is 113 Å². The van der Waals surface area contributed by atoms with Gasteiger partial charge in [-0.1, -0.05) is 5.16 Å². The fraction of sp³-hybridized carbons (Fsp3) is 0.714. The second-order valence-corrected chi connectivity index (χ2v) is 5.81. The summed E-state index contributed by atoms with van der Waals surface area (Å²) in [5.41, 5.74) is 2.13. The van der Waals surface area contributed by atoms with Gasteiger partial charge < -0.3 is 9.84 Å². The lowest BCUT2D eigenvalue weighted by Gasteiger charge is -2.15. The van der Waals surface area contributed by atoms with E-state index in [0.717, 1.165) is 50.4 Å². The van der Waals surface area contributed by atoms with E-state index in [2.05, 4.69) is 15.4 Å². The van der Waals surface area contributed by atoms with Crippen molar-refractivity contribution in [2.24, 2.45) is 5.92 Å². The Hall–Kier alpha value is -1.36. The van der Waals surface area contributed by atoms with Gasteiger partial charge in [-0.15, -0.1) is 0 Å². The molecule has 0 spiro atoms. The molecule has 2 fully saturated rings. The number of hydrogen-bond donors (Lipinski definition) is 1. The summed E-state index contributed by atoms with van der Waals surface area (Å²) in [6.07, 6.45) is 3.27. The highest BCUT2D eigenvalue weighted by Gasteiger charge is 2.32. The first kappa shape index (κ1) is 12.7. The number of amides is 1. The van der Waals surface area contributed by atoms with Crippen LogP contribution in [0.4, 0.5) is 0 Å². The second kappa shape index (κ2) is 4.96. The lowest BCUT2D eigenvalue weighted by molar-refractivity contribution is -0.124. The Kier molecular flexibility index (Phi) is 3.31. The Morgan fingerprint density at radius 2 is 2.21 bits per heavy atom. The largest absolute Gasteiger partial charge is 0.361 e. The molecule has 0 bridgehead atoms. The number of nitrogens with zero attached hydrogens (tertiary/aromatic N) is 2. The molecule has 1 saturated heterocycles. The number of hydrogen-bond acceptors (Lipinski definition) is 4. The van der Waals surface area contributed by atoms with Crippen LogP contribution in [0, 0.1) is 19.8 Å². The van der Waals surface area contributed by atoms with E-state index in [4.69, 9.17) is 4.52 Å². The highest BCUT2D eigenvalue weighted by Crippen LogP contribution is 2.24. The molecule has 1 atom stereocenters. The minimum Gasteiger partial charge on any atom is -0.361 e. The lowest BCUT2D eigenvalue weighted by atomic mass is 10.1. The van der Waals surface area contributed by atoms with Crippen LogP contribution in [0.15, 0.2) is 4.52 Å². The van der Waals surface area contributed by atoms with Crippen molar-refractivity contribution in [2.75, 3.05) is 13.1 Å². The van der Waals surface area contributed by atoms with E-state index < -0.39 is 0 Å². The van der Waals surface area contributed by atoms with Crippen molar-refractivity contribution < 1.29 is 9.32 Å². The van der Waals surface area contributed by atoms with Crippen molar-refractivity contribution in [3.8, 4) is 0 Å². The van der Waals surface area contributed by atoms with Crippen LogP contribution in [-0.4, -0.2) is 35.1 Å².